The van der Waals surface area contributed by atoms with Crippen LogP contribution in [0, 0.1) is 0 Å². The Morgan fingerprint density at radius 1 is 1.38 bits per heavy atom. The van der Waals surface area contributed by atoms with Crippen molar-refractivity contribution in [2.24, 2.45) is 0 Å². The summed E-state index contributed by atoms with van der Waals surface area (Å²) >= 11 is 5.23. The van der Waals surface area contributed by atoms with Crippen molar-refractivity contribution in [3.05, 3.63) is 23.0 Å². The summed E-state index contributed by atoms with van der Waals surface area (Å²) in [4.78, 5) is 3.00. The molecule has 1 heterocycles. The average Bonchev–Trinajstić information content (AvgIpc) is 2.14. The molecule has 1 rings (SSSR count). The number of nitrogens with zero attached hydrogens (tertiary/aromatic N) is 1. The van der Waals surface area contributed by atoms with Crippen molar-refractivity contribution < 1.29 is 22.0 Å². The first-order valence-electron chi connectivity index (χ1n) is 3.97. The Bertz CT molecular complexity index is 391. The standard InChI is InChI=1S/C8H6ClF5N2/c9-1-3-5(7(10)11)4(15)2-16-6(3)8(12,13)14/h2,7H,1,15H2. The molecule has 0 saturated carbocycles. The van der Waals surface area contributed by atoms with E-state index in [0.717, 1.165) is 0 Å². The molecular weight excluding hydrogens is 255 g/mol. The number of nitrogen functional groups attached to an aromatic ring is 1. The number of anilines is 1. The van der Waals surface area contributed by atoms with Crippen molar-refractivity contribution in [3.63, 3.8) is 0 Å². The van der Waals surface area contributed by atoms with Crippen LogP contribution in [-0.4, -0.2) is 4.98 Å². The van der Waals surface area contributed by atoms with Gasteiger partial charge in [-0.2, -0.15) is 13.2 Å². The molecular formula is C8H6ClF5N2. The fourth-order valence-electron chi connectivity index (χ4n) is 1.22. The second kappa shape index (κ2) is 4.40. The van der Waals surface area contributed by atoms with Gasteiger partial charge in [0.15, 0.2) is 0 Å². The number of pyridine rings is 1. The molecule has 1 aromatic rings. The first-order valence-corrected chi connectivity index (χ1v) is 4.51. The molecule has 0 fully saturated rings. The molecule has 0 aromatic carbocycles. The van der Waals surface area contributed by atoms with Crippen LogP contribution in [0.25, 0.3) is 0 Å². The topological polar surface area (TPSA) is 38.9 Å². The molecule has 0 atom stereocenters. The summed E-state index contributed by atoms with van der Waals surface area (Å²) in [5.41, 5.74) is 1.54. The van der Waals surface area contributed by atoms with Gasteiger partial charge in [-0.3, -0.25) is 0 Å². The van der Waals surface area contributed by atoms with E-state index in [4.69, 9.17) is 17.3 Å². The zero-order chi connectivity index (χ0) is 12.5. The lowest BCUT2D eigenvalue weighted by molar-refractivity contribution is -0.141. The molecule has 0 aliphatic heterocycles. The number of hydrogen-bond donors (Lipinski definition) is 1. The third kappa shape index (κ3) is 2.34. The van der Waals surface area contributed by atoms with E-state index in [1.54, 1.807) is 0 Å². The molecule has 0 radical (unpaired) electrons. The summed E-state index contributed by atoms with van der Waals surface area (Å²) in [5, 5.41) is 0. The molecule has 0 aliphatic rings. The van der Waals surface area contributed by atoms with Gasteiger partial charge in [-0.15, -0.1) is 11.6 Å². The summed E-state index contributed by atoms with van der Waals surface area (Å²) < 4.78 is 62.2. The molecule has 16 heavy (non-hydrogen) atoms. The highest BCUT2D eigenvalue weighted by Gasteiger charge is 2.37. The van der Waals surface area contributed by atoms with E-state index >= 15 is 0 Å². The minimum absolute atomic E-state index is 0.501. The third-order valence-corrected chi connectivity index (χ3v) is 2.14. The van der Waals surface area contributed by atoms with Gasteiger partial charge in [-0.1, -0.05) is 0 Å². The van der Waals surface area contributed by atoms with Gasteiger partial charge in [-0.05, 0) is 0 Å². The van der Waals surface area contributed by atoms with Gasteiger partial charge in [0.05, 0.1) is 17.8 Å². The molecule has 0 amide bonds. The molecule has 0 bridgehead atoms. The quantitative estimate of drug-likeness (QED) is 0.654. The highest BCUT2D eigenvalue weighted by molar-refractivity contribution is 6.17. The van der Waals surface area contributed by atoms with Crippen molar-refractivity contribution >= 4 is 17.3 Å². The molecule has 8 heteroatoms. The predicted molar refractivity (Wildman–Crippen MR) is 48.2 cm³/mol. The minimum Gasteiger partial charge on any atom is -0.397 e. The van der Waals surface area contributed by atoms with Gasteiger partial charge in [0.1, 0.15) is 5.69 Å². The number of hydrogen-bond acceptors (Lipinski definition) is 2. The Hall–Kier alpha value is -1.11. The van der Waals surface area contributed by atoms with E-state index in [1.807, 2.05) is 0 Å². The monoisotopic (exact) mass is 260 g/mol. The molecule has 0 aliphatic carbocycles. The van der Waals surface area contributed by atoms with Crippen LogP contribution in [0.5, 0.6) is 0 Å². The van der Waals surface area contributed by atoms with Crippen molar-refractivity contribution in [2.45, 2.75) is 18.5 Å². The van der Waals surface area contributed by atoms with E-state index < -0.39 is 41.0 Å². The van der Waals surface area contributed by atoms with Gasteiger partial charge in [0, 0.05) is 11.1 Å². The lowest BCUT2D eigenvalue weighted by atomic mass is 10.1. The molecule has 2 nitrogen and oxygen atoms in total. The molecule has 0 saturated heterocycles. The summed E-state index contributed by atoms with van der Waals surface area (Å²) in [5.74, 6) is -0.730. The van der Waals surface area contributed by atoms with Gasteiger partial charge < -0.3 is 5.73 Å². The Morgan fingerprint density at radius 3 is 2.31 bits per heavy atom. The van der Waals surface area contributed by atoms with Gasteiger partial charge in [0.2, 0.25) is 0 Å². The maximum Gasteiger partial charge on any atom is 0.433 e. The molecule has 0 spiro atoms. The fraction of sp³-hybridized carbons (Fsp3) is 0.375. The average molecular weight is 261 g/mol. The maximum atomic E-state index is 12.5. The Labute approximate surface area is 92.2 Å². The van der Waals surface area contributed by atoms with Crippen molar-refractivity contribution in [1.82, 2.24) is 4.98 Å². The van der Waals surface area contributed by atoms with Crippen LogP contribution in [-0.2, 0) is 12.1 Å². The normalized spacial score (nSPS) is 12.2. The minimum atomic E-state index is -4.83. The largest absolute Gasteiger partial charge is 0.433 e. The number of halogens is 6. The number of alkyl halides is 6. The van der Waals surface area contributed by atoms with Gasteiger partial charge in [-0.25, -0.2) is 13.8 Å². The number of rotatable bonds is 2. The summed E-state index contributed by atoms with van der Waals surface area (Å²) in [6.45, 7) is 0. The second-order valence-electron chi connectivity index (χ2n) is 2.89. The van der Waals surface area contributed by atoms with Crippen molar-refractivity contribution in [1.29, 1.82) is 0 Å². The molecule has 0 unspecified atom stereocenters. The first-order chi connectivity index (χ1) is 7.29. The SMILES string of the molecule is Nc1cnc(C(F)(F)F)c(CCl)c1C(F)F. The summed E-state index contributed by atoms with van der Waals surface area (Å²) in [7, 11) is 0. The lowest BCUT2D eigenvalue weighted by Gasteiger charge is -2.15. The molecule has 2 N–H and O–H groups in total. The summed E-state index contributed by atoms with van der Waals surface area (Å²) in [6.07, 6.45) is -7.40. The zero-order valence-electron chi connectivity index (χ0n) is 7.65. The molecule has 1 aromatic heterocycles. The second-order valence-corrected chi connectivity index (χ2v) is 3.15. The smallest absolute Gasteiger partial charge is 0.397 e. The zero-order valence-corrected chi connectivity index (χ0v) is 8.41. The van der Waals surface area contributed by atoms with Crippen LogP contribution in [0.1, 0.15) is 23.2 Å². The Kier molecular flexibility index (Phi) is 3.57. The van der Waals surface area contributed by atoms with E-state index in [2.05, 4.69) is 4.98 Å². The predicted octanol–water partition coefficient (Wildman–Crippen LogP) is 3.36. The fourth-order valence-corrected chi connectivity index (χ4v) is 1.49. The third-order valence-electron chi connectivity index (χ3n) is 1.88. The summed E-state index contributed by atoms with van der Waals surface area (Å²) in [6, 6.07) is 0. The van der Waals surface area contributed by atoms with E-state index in [-0.39, 0.29) is 0 Å². The highest BCUT2D eigenvalue weighted by atomic mass is 35.5. The van der Waals surface area contributed by atoms with E-state index in [9.17, 15) is 22.0 Å². The maximum absolute atomic E-state index is 12.5. The van der Waals surface area contributed by atoms with Crippen LogP contribution >= 0.6 is 11.6 Å². The van der Waals surface area contributed by atoms with Crippen molar-refractivity contribution in [3.8, 4) is 0 Å². The van der Waals surface area contributed by atoms with E-state index in [1.165, 1.54) is 0 Å². The Morgan fingerprint density at radius 2 is 1.94 bits per heavy atom. The van der Waals surface area contributed by atoms with Gasteiger partial charge >= 0.3 is 6.18 Å². The Balaban J connectivity index is 3.49. The lowest BCUT2D eigenvalue weighted by Crippen LogP contribution is -2.15. The van der Waals surface area contributed by atoms with E-state index in [0.29, 0.717) is 6.20 Å². The van der Waals surface area contributed by atoms with Crippen LogP contribution in [0.3, 0.4) is 0 Å². The molecule has 90 valence electrons. The van der Waals surface area contributed by atoms with Crippen LogP contribution < -0.4 is 5.73 Å². The van der Waals surface area contributed by atoms with Gasteiger partial charge in [0.25, 0.3) is 6.43 Å². The highest BCUT2D eigenvalue weighted by Crippen LogP contribution is 2.37. The number of nitrogens with two attached hydrogens (primary N) is 1. The van der Waals surface area contributed by atoms with Crippen molar-refractivity contribution in [2.75, 3.05) is 5.73 Å². The van der Waals surface area contributed by atoms with Crippen LogP contribution in [0.4, 0.5) is 27.6 Å². The first kappa shape index (κ1) is 13.0. The van der Waals surface area contributed by atoms with Crippen LogP contribution in [0.2, 0.25) is 0 Å². The number of aromatic nitrogens is 1. The van der Waals surface area contributed by atoms with Crippen LogP contribution in [0.15, 0.2) is 6.20 Å².